The fourth-order valence-electron chi connectivity index (χ4n) is 4.79. The monoisotopic (exact) mass is 428 g/mol. The van der Waals surface area contributed by atoms with Gasteiger partial charge in [0.05, 0.1) is 16.1 Å². The first-order valence-electron chi connectivity index (χ1n) is 9.30. The summed E-state index contributed by atoms with van der Waals surface area (Å²) in [5, 5.41) is 0. The van der Waals surface area contributed by atoms with Crippen molar-refractivity contribution in [2.75, 3.05) is 24.6 Å². The molecule has 2 fully saturated rings. The smallest absolute Gasteiger partial charge is 0.242 e. The summed E-state index contributed by atoms with van der Waals surface area (Å²) >= 11 is 0. The van der Waals surface area contributed by atoms with Gasteiger partial charge in [0.25, 0.3) is 0 Å². The standard InChI is InChI=1S/C19H28N2O5S2/c1-13-6-7-15(11-16(13)28(25,26)21(4)5)20-27(23,24)12-19-9-8-14(10-17(19)22)18(19,2)3/h6-7,11,14,20H,8-10,12H2,1-5H3/t14-,19-/m0/s1. The summed E-state index contributed by atoms with van der Waals surface area (Å²) in [5.41, 5.74) is -0.514. The first kappa shape index (κ1) is 21.3. The molecular formula is C19H28N2O5S2. The minimum absolute atomic E-state index is 0.0268. The van der Waals surface area contributed by atoms with E-state index in [-0.39, 0.29) is 33.5 Å². The van der Waals surface area contributed by atoms with E-state index in [2.05, 4.69) is 4.72 Å². The first-order chi connectivity index (χ1) is 12.7. The van der Waals surface area contributed by atoms with Crippen molar-refractivity contribution in [2.45, 2.75) is 44.9 Å². The second-order valence-corrected chi connectivity index (χ2v) is 12.6. The minimum Gasteiger partial charge on any atom is -0.299 e. The molecule has 0 heterocycles. The molecule has 9 heteroatoms. The zero-order chi connectivity index (χ0) is 21.1. The van der Waals surface area contributed by atoms with Gasteiger partial charge >= 0.3 is 0 Å². The lowest BCUT2D eigenvalue weighted by molar-refractivity contribution is -0.128. The Morgan fingerprint density at radius 1 is 1.18 bits per heavy atom. The number of sulfonamides is 2. The van der Waals surface area contributed by atoms with Crippen molar-refractivity contribution in [3.63, 3.8) is 0 Å². The molecule has 2 aliphatic carbocycles. The van der Waals surface area contributed by atoms with Crippen molar-refractivity contribution >= 4 is 31.5 Å². The molecule has 2 saturated carbocycles. The SMILES string of the molecule is Cc1ccc(NS(=O)(=O)C[C@@]23CC[C@@H](CC2=O)C3(C)C)cc1S(=O)(=O)N(C)C. The van der Waals surface area contributed by atoms with Crippen LogP contribution in [-0.4, -0.2) is 46.8 Å². The van der Waals surface area contributed by atoms with Gasteiger partial charge in [-0.2, -0.15) is 0 Å². The number of hydrogen-bond acceptors (Lipinski definition) is 5. The Morgan fingerprint density at radius 2 is 1.82 bits per heavy atom. The Labute approximate surface area is 167 Å². The van der Waals surface area contributed by atoms with Gasteiger partial charge in [0.1, 0.15) is 5.78 Å². The molecule has 0 amide bonds. The molecule has 7 nitrogen and oxygen atoms in total. The third-order valence-corrected chi connectivity index (χ3v) is 10.2. The molecule has 28 heavy (non-hydrogen) atoms. The van der Waals surface area contributed by atoms with Crippen molar-refractivity contribution in [3.8, 4) is 0 Å². The van der Waals surface area contributed by atoms with Gasteiger partial charge in [0, 0.05) is 26.2 Å². The fourth-order valence-corrected chi connectivity index (χ4v) is 7.81. The molecule has 1 aromatic rings. The van der Waals surface area contributed by atoms with Gasteiger partial charge in [-0.15, -0.1) is 0 Å². The van der Waals surface area contributed by atoms with E-state index in [0.717, 1.165) is 10.7 Å². The van der Waals surface area contributed by atoms with Crippen LogP contribution in [0, 0.1) is 23.7 Å². The van der Waals surface area contributed by atoms with Crippen molar-refractivity contribution in [1.29, 1.82) is 0 Å². The Kier molecular flexibility index (Phi) is 4.96. The molecule has 156 valence electrons. The third-order valence-electron chi connectivity index (χ3n) is 6.80. The number of hydrogen-bond donors (Lipinski definition) is 1. The summed E-state index contributed by atoms with van der Waals surface area (Å²) in [6.45, 7) is 5.63. The van der Waals surface area contributed by atoms with Crippen LogP contribution < -0.4 is 4.72 Å². The minimum atomic E-state index is -3.84. The van der Waals surface area contributed by atoms with Crippen LogP contribution in [0.25, 0.3) is 0 Å². The van der Waals surface area contributed by atoms with Gasteiger partial charge in [0.15, 0.2) is 0 Å². The van der Waals surface area contributed by atoms with Crippen LogP contribution in [0.4, 0.5) is 5.69 Å². The normalized spacial score (nSPS) is 26.8. The van der Waals surface area contributed by atoms with Crippen molar-refractivity contribution in [1.82, 2.24) is 4.31 Å². The largest absolute Gasteiger partial charge is 0.299 e. The van der Waals surface area contributed by atoms with E-state index in [1.165, 1.54) is 26.2 Å². The molecule has 0 unspecified atom stereocenters. The average Bonchev–Trinajstić information content (AvgIpc) is 2.89. The average molecular weight is 429 g/mol. The Hall–Kier alpha value is -1.45. The molecular weight excluding hydrogens is 400 g/mol. The van der Waals surface area contributed by atoms with Crippen molar-refractivity contribution in [2.24, 2.45) is 16.7 Å². The highest BCUT2D eigenvalue weighted by atomic mass is 32.2. The van der Waals surface area contributed by atoms with E-state index in [9.17, 15) is 21.6 Å². The van der Waals surface area contributed by atoms with E-state index < -0.39 is 25.5 Å². The van der Waals surface area contributed by atoms with Gasteiger partial charge in [-0.1, -0.05) is 19.9 Å². The summed E-state index contributed by atoms with van der Waals surface area (Å²) in [6, 6.07) is 4.44. The lowest BCUT2D eigenvalue weighted by Crippen LogP contribution is -2.43. The van der Waals surface area contributed by atoms with Crippen LogP contribution in [0.3, 0.4) is 0 Å². The number of ketones is 1. The van der Waals surface area contributed by atoms with Crippen LogP contribution in [-0.2, 0) is 24.8 Å². The number of fused-ring (bicyclic) bond motifs is 2. The van der Waals surface area contributed by atoms with E-state index in [0.29, 0.717) is 18.4 Å². The van der Waals surface area contributed by atoms with Gasteiger partial charge < -0.3 is 0 Å². The van der Waals surface area contributed by atoms with Gasteiger partial charge in [-0.05, 0) is 48.8 Å². The summed E-state index contributed by atoms with van der Waals surface area (Å²) in [5.74, 6) is -0.0169. The molecule has 2 bridgehead atoms. The molecule has 2 aliphatic rings. The van der Waals surface area contributed by atoms with Crippen LogP contribution in [0.5, 0.6) is 0 Å². The van der Waals surface area contributed by atoms with Crippen LogP contribution in [0.1, 0.15) is 38.7 Å². The molecule has 3 rings (SSSR count). The molecule has 1 N–H and O–H groups in total. The summed E-state index contributed by atoms with van der Waals surface area (Å²) in [7, 11) is -4.69. The quantitative estimate of drug-likeness (QED) is 0.750. The van der Waals surface area contributed by atoms with Gasteiger partial charge in [0.2, 0.25) is 20.0 Å². The van der Waals surface area contributed by atoms with Crippen LogP contribution in [0.2, 0.25) is 0 Å². The second kappa shape index (κ2) is 6.53. The second-order valence-electron chi connectivity index (χ2n) is 8.80. The summed E-state index contributed by atoms with van der Waals surface area (Å²) in [4.78, 5) is 12.7. The highest BCUT2D eigenvalue weighted by Crippen LogP contribution is 2.64. The number of anilines is 1. The van der Waals surface area contributed by atoms with E-state index >= 15 is 0 Å². The molecule has 2 atom stereocenters. The summed E-state index contributed by atoms with van der Waals surface area (Å²) < 4.78 is 54.4. The number of benzene rings is 1. The molecule has 0 saturated heterocycles. The van der Waals surface area contributed by atoms with Gasteiger partial charge in [-0.25, -0.2) is 21.1 Å². The molecule has 1 aromatic carbocycles. The predicted octanol–water partition coefficient (Wildman–Crippen LogP) is 2.38. The lowest BCUT2D eigenvalue weighted by Gasteiger charge is -2.36. The molecule has 0 radical (unpaired) electrons. The third kappa shape index (κ3) is 3.17. The van der Waals surface area contributed by atoms with E-state index in [1.807, 2.05) is 13.8 Å². The maximum absolute atomic E-state index is 12.9. The summed E-state index contributed by atoms with van der Waals surface area (Å²) in [6.07, 6.45) is 1.89. The number of nitrogens with zero attached hydrogens (tertiary/aromatic N) is 1. The van der Waals surface area contributed by atoms with Crippen molar-refractivity contribution in [3.05, 3.63) is 23.8 Å². The van der Waals surface area contributed by atoms with Crippen LogP contribution in [0.15, 0.2) is 23.1 Å². The highest BCUT2D eigenvalue weighted by molar-refractivity contribution is 7.92. The first-order valence-corrected chi connectivity index (χ1v) is 12.4. The van der Waals surface area contributed by atoms with Crippen LogP contribution >= 0.6 is 0 Å². The zero-order valence-corrected chi connectivity index (χ0v) is 18.6. The number of Topliss-reactive ketones (excluding diaryl/α,β-unsaturated/α-hetero) is 1. The van der Waals surface area contributed by atoms with E-state index in [4.69, 9.17) is 0 Å². The highest BCUT2D eigenvalue weighted by Gasteiger charge is 2.65. The number of aryl methyl sites for hydroxylation is 1. The number of rotatable bonds is 6. The molecule has 0 spiro atoms. The molecule has 0 aromatic heterocycles. The number of nitrogens with one attached hydrogen (secondary N) is 1. The zero-order valence-electron chi connectivity index (χ0n) is 16.9. The lowest BCUT2D eigenvalue weighted by atomic mass is 9.70. The predicted molar refractivity (Wildman–Crippen MR) is 108 cm³/mol. The Bertz CT molecular complexity index is 1030. The number of carbonyl (C=O) groups excluding carboxylic acids is 1. The topological polar surface area (TPSA) is 101 Å². The Morgan fingerprint density at radius 3 is 2.32 bits per heavy atom. The maximum atomic E-state index is 12.9. The number of carbonyl (C=O) groups is 1. The van der Waals surface area contributed by atoms with Gasteiger partial charge in [-0.3, -0.25) is 9.52 Å². The maximum Gasteiger partial charge on any atom is 0.242 e. The van der Waals surface area contributed by atoms with Crippen molar-refractivity contribution < 1.29 is 21.6 Å². The molecule has 0 aliphatic heterocycles. The fraction of sp³-hybridized carbons (Fsp3) is 0.632. The Balaban J connectivity index is 1.91. The van der Waals surface area contributed by atoms with E-state index in [1.54, 1.807) is 13.0 Å².